The number of carbonyl (C=O) groups excluding carboxylic acids is 3. The monoisotopic (exact) mass is 742 g/mol. The summed E-state index contributed by atoms with van der Waals surface area (Å²) in [5.74, 6) is -2.01. The molecule has 7 nitrogen and oxygen atoms in total. The molecule has 15 heteroatoms. The van der Waals surface area contributed by atoms with E-state index in [1.165, 1.54) is 0 Å². The number of urea groups is 1. The zero-order valence-electron chi connectivity index (χ0n) is 22.8. The van der Waals surface area contributed by atoms with E-state index in [-0.39, 0.29) is 45.1 Å². The number of benzene rings is 2. The maximum absolute atomic E-state index is 14.2. The molecule has 3 rings (SSSR count). The number of carbonyl (C=O) groups is 3. The molecule has 1 saturated heterocycles. The Labute approximate surface area is 261 Å². The lowest BCUT2D eigenvalue weighted by molar-refractivity contribution is -0.159. The molecule has 0 radical (unpaired) electrons. The summed E-state index contributed by atoms with van der Waals surface area (Å²) in [7, 11) is 0. The quantitative estimate of drug-likeness (QED) is 0.151. The van der Waals surface area contributed by atoms with Gasteiger partial charge in [0.2, 0.25) is 11.8 Å². The molecule has 0 spiro atoms. The summed E-state index contributed by atoms with van der Waals surface area (Å²) < 4.78 is 83.4. The molecule has 0 unspecified atom stereocenters. The normalized spacial score (nSPS) is 15.9. The maximum atomic E-state index is 14.2. The van der Waals surface area contributed by atoms with Gasteiger partial charge in [0.25, 0.3) is 0 Å². The zero-order chi connectivity index (χ0) is 32.2. The zero-order valence-corrected chi connectivity index (χ0v) is 26.0. The number of alkyl halides is 6. The highest BCUT2D eigenvalue weighted by molar-refractivity contribution is 9.11. The van der Waals surface area contributed by atoms with Crippen LogP contribution < -0.4 is 11.5 Å². The van der Waals surface area contributed by atoms with Crippen LogP contribution in [0.4, 0.5) is 31.1 Å². The van der Waals surface area contributed by atoms with Crippen LogP contribution in [0.2, 0.25) is 0 Å². The van der Waals surface area contributed by atoms with Crippen molar-refractivity contribution in [1.82, 2.24) is 9.80 Å². The van der Waals surface area contributed by atoms with Crippen molar-refractivity contribution in [1.29, 1.82) is 0 Å². The molecule has 4 N–H and O–H groups in total. The second kappa shape index (κ2) is 14.1. The van der Waals surface area contributed by atoms with Gasteiger partial charge in [0.15, 0.2) is 0 Å². The highest BCUT2D eigenvalue weighted by atomic mass is 79.9. The van der Waals surface area contributed by atoms with Gasteiger partial charge in [0, 0.05) is 22.0 Å². The summed E-state index contributed by atoms with van der Waals surface area (Å²) >= 11 is 6.65. The smallest absolute Gasteiger partial charge is 0.330 e. The first-order valence-corrected chi connectivity index (χ1v) is 14.9. The van der Waals surface area contributed by atoms with E-state index in [2.05, 4.69) is 31.9 Å². The van der Waals surface area contributed by atoms with Gasteiger partial charge in [-0.3, -0.25) is 19.4 Å². The number of rotatable bonds is 12. The first kappa shape index (κ1) is 35.0. The molecule has 0 saturated carbocycles. The Morgan fingerprint density at radius 3 is 1.40 bits per heavy atom. The van der Waals surface area contributed by atoms with Crippen LogP contribution in [0.1, 0.15) is 47.9 Å². The number of unbranched alkanes of at least 4 members (excludes halogenated alkanes) is 2. The van der Waals surface area contributed by atoms with Crippen LogP contribution in [-0.2, 0) is 34.8 Å². The molecule has 1 aliphatic rings. The number of barbiturate groups is 1. The van der Waals surface area contributed by atoms with Crippen LogP contribution >= 0.6 is 31.9 Å². The molecule has 4 amide bonds. The number of hydrogen-bond donors (Lipinski definition) is 2. The van der Waals surface area contributed by atoms with E-state index >= 15 is 0 Å². The van der Waals surface area contributed by atoms with Gasteiger partial charge in [-0.05, 0) is 99.1 Å². The summed E-state index contributed by atoms with van der Waals surface area (Å²) in [6.07, 6.45) is -10.1. The lowest BCUT2D eigenvalue weighted by atomic mass is 9.72. The van der Waals surface area contributed by atoms with Gasteiger partial charge in [-0.2, -0.15) is 26.3 Å². The van der Waals surface area contributed by atoms with E-state index in [9.17, 15) is 40.7 Å². The van der Waals surface area contributed by atoms with E-state index in [0.717, 1.165) is 9.80 Å². The number of nitrogens with two attached hydrogens (primary N) is 2. The van der Waals surface area contributed by atoms with Gasteiger partial charge in [0.05, 0.1) is 11.1 Å². The van der Waals surface area contributed by atoms with Crippen LogP contribution in [0.5, 0.6) is 0 Å². The molecule has 1 heterocycles. The van der Waals surface area contributed by atoms with Gasteiger partial charge >= 0.3 is 18.4 Å². The topological polar surface area (TPSA) is 110 Å². The van der Waals surface area contributed by atoms with Crippen LogP contribution in [0.15, 0.2) is 45.3 Å². The van der Waals surface area contributed by atoms with E-state index in [1.807, 2.05) is 0 Å². The maximum Gasteiger partial charge on any atom is 0.416 e. The Hall–Kier alpha value is -2.49. The predicted octanol–water partition coefficient (Wildman–Crippen LogP) is 6.29. The Bertz CT molecular complexity index is 1270. The first-order valence-electron chi connectivity index (χ1n) is 13.3. The van der Waals surface area contributed by atoms with Crippen molar-refractivity contribution < 1.29 is 40.7 Å². The Morgan fingerprint density at radius 2 is 1.02 bits per heavy atom. The SMILES string of the molecule is NCCCCN1C(=O)N(CCCCN)C(=O)C(Cc2cc(Br)cc(Br)c2)(Cc2cc(C(F)(F)F)cc(C(F)(F)F)c2)C1=O. The fraction of sp³-hybridized carbons (Fsp3) is 0.464. The summed E-state index contributed by atoms with van der Waals surface area (Å²) in [6, 6.07) is 4.90. The largest absolute Gasteiger partial charge is 0.416 e. The summed E-state index contributed by atoms with van der Waals surface area (Å²) in [5, 5.41) is 0. The standard InChI is InChI=1S/C28H30Br2F6N4O3/c29-21-11-18(12-22(30)14-21)16-26(15-17-9-19(27(31,32)33)13-20(10-17)28(34,35)36)23(41)39(7-3-1-5-37)25(43)40(24(26)42)8-4-2-6-38/h9-14H,1-8,15-16,37-38H2. The summed E-state index contributed by atoms with van der Waals surface area (Å²) in [5.41, 5.74) is 5.59. The van der Waals surface area contributed by atoms with Crippen molar-refractivity contribution in [3.05, 3.63) is 67.6 Å². The van der Waals surface area contributed by atoms with E-state index < -0.39 is 65.1 Å². The van der Waals surface area contributed by atoms with Crippen molar-refractivity contribution in [3.8, 4) is 0 Å². The van der Waals surface area contributed by atoms with Crippen molar-refractivity contribution in [2.24, 2.45) is 16.9 Å². The predicted molar refractivity (Wildman–Crippen MR) is 154 cm³/mol. The minimum Gasteiger partial charge on any atom is -0.330 e. The molecular formula is C28H30Br2F6N4O3. The van der Waals surface area contributed by atoms with E-state index in [1.54, 1.807) is 18.2 Å². The Morgan fingerprint density at radius 1 is 0.628 bits per heavy atom. The van der Waals surface area contributed by atoms with Crippen LogP contribution in [0.25, 0.3) is 0 Å². The minimum absolute atomic E-state index is 0.0200. The Kier molecular flexibility index (Phi) is 11.5. The average molecular weight is 744 g/mol. The number of amides is 4. The third-order valence-corrected chi connectivity index (χ3v) is 7.94. The summed E-state index contributed by atoms with van der Waals surface area (Å²) in [4.78, 5) is 43.6. The van der Waals surface area contributed by atoms with Crippen LogP contribution in [0.3, 0.4) is 0 Å². The fourth-order valence-electron chi connectivity index (χ4n) is 5.05. The van der Waals surface area contributed by atoms with Gasteiger partial charge < -0.3 is 11.5 Å². The van der Waals surface area contributed by atoms with E-state index in [0.29, 0.717) is 39.5 Å². The first-order chi connectivity index (χ1) is 20.0. The van der Waals surface area contributed by atoms with Gasteiger partial charge in [-0.25, -0.2) is 4.79 Å². The minimum atomic E-state index is -5.14. The van der Waals surface area contributed by atoms with Crippen molar-refractivity contribution in [3.63, 3.8) is 0 Å². The molecule has 2 aromatic carbocycles. The molecule has 0 aliphatic carbocycles. The molecule has 0 aromatic heterocycles. The Balaban J connectivity index is 2.27. The third kappa shape index (κ3) is 8.37. The average Bonchev–Trinajstić information content (AvgIpc) is 2.90. The van der Waals surface area contributed by atoms with Crippen LogP contribution in [0, 0.1) is 5.41 Å². The molecule has 43 heavy (non-hydrogen) atoms. The fourth-order valence-corrected chi connectivity index (χ4v) is 6.44. The molecular weight excluding hydrogens is 714 g/mol. The molecule has 1 fully saturated rings. The van der Waals surface area contributed by atoms with Gasteiger partial charge in [-0.1, -0.05) is 31.9 Å². The molecule has 2 aromatic rings. The number of imide groups is 2. The van der Waals surface area contributed by atoms with Gasteiger partial charge in [-0.15, -0.1) is 0 Å². The molecule has 0 atom stereocenters. The highest BCUT2D eigenvalue weighted by Crippen LogP contribution is 2.41. The van der Waals surface area contributed by atoms with Crippen molar-refractivity contribution >= 4 is 49.7 Å². The summed E-state index contributed by atoms with van der Waals surface area (Å²) in [6.45, 7) is 0.208. The lowest BCUT2D eigenvalue weighted by Gasteiger charge is -2.44. The van der Waals surface area contributed by atoms with Crippen LogP contribution in [-0.4, -0.2) is 53.8 Å². The second-order valence-corrected chi connectivity index (χ2v) is 12.1. The third-order valence-electron chi connectivity index (χ3n) is 7.02. The van der Waals surface area contributed by atoms with Crippen molar-refractivity contribution in [2.75, 3.05) is 26.2 Å². The van der Waals surface area contributed by atoms with Crippen molar-refractivity contribution in [2.45, 2.75) is 50.9 Å². The second-order valence-electron chi connectivity index (χ2n) is 10.3. The number of halogens is 8. The molecule has 0 bridgehead atoms. The lowest BCUT2D eigenvalue weighted by Crippen LogP contribution is -2.66. The molecule has 1 aliphatic heterocycles. The molecule has 236 valence electrons. The van der Waals surface area contributed by atoms with Gasteiger partial charge in [0.1, 0.15) is 5.41 Å². The highest BCUT2D eigenvalue weighted by Gasteiger charge is 2.57. The number of hydrogen-bond acceptors (Lipinski definition) is 5. The number of nitrogens with zero attached hydrogens (tertiary/aromatic N) is 2. The van der Waals surface area contributed by atoms with E-state index in [4.69, 9.17) is 11.5 Å².